The number of hydrogen-bond donors (Lipinski definition) is 0. The zero-order valence-corrected chi connectivity index (χ0v) is 14.0. The highest BCUT2D eigenvalue weighted by Crippen LogP contribution is 2.37. The second kappa shape index (κ2) is 6.74. The minimum atomic E-state index is -3.47. The van der Waals surface area contributed by atoms with Crippen LogP contribution in [0.3, 0.4) is 0 Å². The Balaban J connectivity index is 2.44. The van der Waals surface area contributed by atoms with Crippen molar-refractivity contribution in [1.29, 1.82) is 0 Å². The topological polar surface area (TPSA) is 69.7 Å². The highest BCUT2D eigenvalue weighted by molar-refractivity contribution is 7.90. The number of ether oxygens (including phenoxy) is 2. The number of halogens is 3. The van der Waals surface area contributed by atoms with Crippen LogP contribution in [0.5, 0.6) is 17.2 Å². The summed E-state index contributed by atoms with van der Waals surface area (Å²) in [5, 5.41) is -0.0727. The first-order valence-corrected chi connectivity index (χ1v) is 8.70. The predicted octanol–water partition coefficient (Wildman–Crippen LogP) is 3.74. The van der Waals surface area contributed by atoms with Gasteiger partial charge < -0.3 is 9.47 Å². The lowest BCUT2D eigenvalue weighted by Crippen LogP contribution is -2.04. The number of benzene rings is 2. The van der Waals surface area contributed by atoms with E-state index in [9.17, 15) is 22.0 Å². The Bertz CT molecular complexity index is 912. The van der Waals surface area contributed by atoms with Gasteiger partial charge in [-0.15, -0.1) is 0 Å². The molecule has 9 heteroatoms. The zero-order chi connectivity index (χ0) is 18.1. The second-order valence-corrected chi connectivity index (χ2v) is 7.20. The van der Waals surface area contributed by atoms with E-state index in [0.29, 0.717) is 12.1 Å². The summed E-state index contributed by atoms with van der Waals surface area (Å²) in [6, 6.07) is 4.98. The molecule has 0 atom stereocenters. The van der Waals surface area contributed by atoms with Crippen LogP contribution >= 0.6 is 11.6 Å². The Hall–Kier alpha value is -2.19. The first kappa shape index (κ1) is 18.2. The largest absolute Gasteiger partial charge is 0.452 e. The van der Waals surface area contributed by atoms with Crippen LogP contribution in [0.15, 0.2) is 35.2 Å². The van der Waals surface area contributed by atoms with Crippen LogP contribution in [0, 0.1) is 11.6 Å². The number of rotatable bonds is 4. The van der Waals surface area contributed by atoms with E-state index in [-0.39, 0.29) is 27.2 Å². The molecule has 0 aliphatic heterocycles. The van der Waals surface area contributed by atoms with Gasteiger partial charge in [-0.1, -0.05) is 11.6 Å². The lowest BCUT2D eigenvalue weighted by atomic mass is 10.3. The molecule has 0 saturated heterocycles. The van der Waals surface area contributed by atoms with E-state index in [2.05, 4.69) is 0 Å². The molecule has 0 fully saturated rings. The molecule has 0 aliphatic rings. The Morgan fingerprint density at radius 3 is 2.12 bits per heavy atom. The standard InChI is InChI=1S/C15H11ClF2O5S/c1-8(19)22-14-6-11(17)12(18)7-15(14)23-13-4-3-9(5-10(13)16)24(2,20)21/h3-7H,1-2H3. The fourth-order valence-electron chi connectivity index (χ4n) is 1.74. The smallest absolute Gasteiger partial charge is 0.308 e. The molecule has 128 valence electrons. The monoisotopic (exact) mass is 376 g/mol. The van der Waals surface area contributed by atoms with Gasteiger partial charge in [0.05, 0.1) is 9.92 Å². The van der Waals surface area contributed by atoms with E-state index >= 15 is 0 Å². The van der Waals surface area contributed by atoms with Gasteiger partial charge >= 0.3 is 5.97 Å². The summed E-state index contributed by atoms with van der Waals surface area (Å²) in [5.74, 6) is -3.86. The molecule has 0 aromatic heterocycles. The molecular formula is C15H11ClF2O5S. The predicted molar refractivity (Wildman–Crippen MR) is 82.3 cm³/mol. The van der Waals surface area contributed by atoms with Crippen molar-refractivity contribution in [2.45, 2.75) is 11.8 Å². The third-order valence-corrected chi connectivity index (χ3v) is 4.20. The minimum Gasteiger partial charge on any atom is -0.452 e. The molecule has 0 amide bonds. The molecule has 2 rings (SSSR count). The Morgan fingerprint density at radius 1 is 1.04 bits per heavy atom. The normalized spacial score (nSPS) is 11.2. The van der Waals surface area contributed by atoms with Crippen molar-refractivity contribution >= 4 is 27.4 Å². The van der Waals surface area contributed by atoms with E-state index in [1.54, 1.807) is 0 Å². The van der Waals surface area contributed by atoms with E-state index in [1.165, 1.54) is 12.1 Å². The lowest BCUT2D eigenvalue weighted by Gasteiger charge is -2.12. The molecular weight excluding hydrogens is 366 g/mol. The Morgan fingerprint density at radius 2 is 1.62 bits per heavy atom. The first-order chi connectivity index (χ1) is 11.1. The average molecular weight is 377 g/mol. The van der Waals surface area contributed by atoms with E-state index < -0.39 is 27.4 Å². The van der Waals surface area contributed by atoms with Crippen LogP contribution in [0.4, 0.5) is 8.78 Å². The maximum Gasteiger partial charge on any atom is 0.308 e. The summed E-state index contributed by atoms with van der Waals surface area (Å²) in [4.78, 5) is 11.0. The van der Waals surface area contributed by atoms with Crippen LogP contribution in [0.1, 0.15) is 6.92 Å². The number of esters is 1. The first-order valence-electron chi connectivity index (χ1n) is 6.43. The van der Waals surface area contributed by atoms with Crippen molar-refractivity contribution in [1.82, 2.24) is 0 Å². The summed E-state index contributed by atoms with van der Waals surface area (Å²) >= 11 is 5.95. The quantitative estimate of drug-likeness (QED) is 0.600. The molecule has 0 saturated carbocycles. The van der Waals surface area contributed by atoms with Crippen molar-refractivity contribution in [3.63, 3.8) is 0 Å². The molecule has 0 unspecified atom stereocenters. The molecule has 0 radical (unpaired) electrons. The van der Waals surface area contributed by atoms with Crippen molar-refractivity contribution < 1.29 is 31.5 Å². The summed E-state index contributed by atoms with van der Waals surface area (Å²) in [7, 11) is -3.47. The highest BCUT2D eigenvalue weighted by Gasteiger charge is 2.17. The molecule has 0 spiro atoms. The lowest BCUT2D eigenvalue weighted by molar-refractivity contribution is -0.132. The highest BCUT2D eigenvalue weighted by atomic mass is 35.5. The van der Waals surface area contributed by atoms with Gasteiger partial charge in [0.1, 0.15) is 5.75 Å². The van der Waals surface area contributed by atoms with Gasteiger partial charge in [0.2, 0.25) is 0 Å². The fourth-order valence-corrected chi connectivity index (χ4v) is 2.67. The molecule has 0 N–H and O–H groups in total. The van der Waals surface area contributed by atoms with Gasteiger partial charge in [0, 0.05) is 25.3 Å². The van der Waals surface area contributed by atoms with Gasteiger partial charge in [-0.3, -0.25) is 4.79 Å². The third kappa shape index (κ3) is 4.21. The third-order valence-electron chi connectivity index (χ3n) is 2.79. The van der Waals surface area contributed by atoms with Crippen molar-refractivity contribution in [2.75, 3.05) is 6.26 Å². The van der Waals surface area contributed by atoms with Gasteiger partial charge in [0.25, 0.3) is 0 Å². The van der Waals surface area contributed by atoms with Crippen molar-refractivity contribution in [3.8, 4) is 17.2 Å². The molecule has 0 heterocycles. The maximum atomic E-state index is 13.4. The van der Waals surface area contributed by atoms with E-state index in [0.717, 1.165) is 19.2 Å². The van der Waals surface area contributed by atoms with Gasteiger partial charge in [-0.2, -0.15) is 0 Å². The van der Waals surface area contributed by atoms with Crippen molar-refractivity contribution in [3.05, 3.63) is 47.0 Å². The van der Waals surface area contributed by atoms with Crippen LogP contribution in [-0.4, -0.2) is 20.6 Å². The van der Waals surface area contributed by atoms with Crippen LogP contribution in [0.25, 0.3) is 0 Å². The SMILES string of the molecule is CC(=O)Oc1cc(F)c(F)cc1Oc1ccc(S(C)(=O)=O)cc1Cl. The van der Waals surface area contributed by atoms with E-state index in [1.807, 2.05) is 0 Å². The van der Waals surface area contributed by atoms with Crippen LogP contribution in [0.2, 0.25) is 5.02 Å². The minimum absolute atomic E-state index is 0.0246. The van der Waals surface area contributed by atoms with Crippen LogP contribution < -0.4 is 9.47 Å². The summed E-state index contributed by atoms with van der Waals surface area (Å²) < 4.78 is 59.7. The molecule has 0 bridgehead atoms. The summed E-state index contributed by atoms with van der Waals surface area (Å²) in [5.41, 5.74) is 0. The van der Waals surface area contributed by atoms with Gasteiger partial charge in [-0.25, -0.2) is 17.2 Å². The second-order valence-electron chi connectivity index (χ2n) is 4.77. The molecule has 2 aromatic rings. The average Bonchev–Trinajstić information content (AvgIpc) is 2.44. The molecule has 0 aliphatic carbocycles. The van der Waals surface area contributed by atoms with Crippen molar-refractivity contribution in [2.24, 2.45) is 0 Å². The molecule has 2 aromatic carbocycles. The summed E-state index contributed by atoms with van der Waals surface area (Å²) in [6.45, 7) is 1.08. The maximum absolute atomic E-state index is 13.4. The number of sulfone groups is 1. The van der Waals surface area contributed by atoms with E-state index in [4.69, 9.17) is 21.1 Å². The molecule has 24 heavy (non-hydrogen) atoms. The van der Waals surface area contributed by atoms with Gasteiger partial charge in [0.15, 0.2) is 33.0 Å². The van der Waals surface area contributed by atoms with Gasteiger partial charge in [-0.05, 0) is 18.2 Å². The number of carbonyl (C=O) groups is 1. The zero-order valence-electron chi connectivity index (χ0n) is 12.5. The summed E-state index contributed by atoms with van der Waals surface area (Å²) in [6.07, 6.45) is 1.01. The number of hydrogen-bond acceptors (Lipinski definition) is 5. The Labute approximate surface area is 141 Å². The fraction of sp³-hybridized carbons (Fsp3) is 0.133. The Kier molecular flexibility index (Phi) is 5.10. The molecule has 5 nitrogen and oxygen atoms in total. The number of carbonyl (C=O) groups excluding carboxylic acids is 1. The van der Waals surface area contributed by atoms with Crippen LogP contribution in [-0.2, 0) is 14.6 Å².